The van der Waals surface area contributed by atoms with Crippen molar-refractivity contribution in [1.29, 1.82) is 0 Å². The SMILES string of the molecule is CCCN(Cc1ccc(C)cc1)C(=O)CSc1nnc(N2CCCC2)n1Cc1ccco1. The predicted molar refractivity (Wildman–Crippen MR) is 127 cm³/mol. The number of anilines is 1. The monoisotopic (exact) mass is 453 g/mol. The van der Waals surface area contributed by atoms with Crippen molar-refractivity contribution in [3.63, 3.8) is 0 Å². The number of hydrogen-bond acceptors (Lipinski definition) is 6. The average molecular weight is 454 g/mol. The molecule has 1 aliphatic rings. The first kappa shape index (κ1) is 22.5. The molecule has 1 aromatic carbocycles. The Morgan fingerprint density at radius 1 is 1.16 bits per heavy atom. The minimum absolute atomic E-state index is 0.118. The highest BCUT2D eigenvalue weighted by molar-refractivity contribution is 7.99. The molecule has 0 N–H and O–H groups in total. The normalized spacial score (nSPS) is 13.6. The highest BCUT2D eigenvalue weighted by Gasteiger charge is 2.23. The van der Waals surface area contributed by atoms with Gasteiger partial charge in [0.25, 0.3) is 0 Å². The number of thioether (sulfide) groups is 1. The number of rotatable bonds is 10. The van der Waals surface area contributed by atoms with Crippen LogP contribution in [0.15, 0.2) is 52.2 Å². The van der Waals surface area contributed by atoms with Crippen LogP contribution in [0.5, 0.6) is 0 Å². The second-order valence-electron chi connectivity index (χ2n) is 8.23. The maximum atomic E-state index is 13.1. The summed E-state index contributed by atoms with van der Waals surface area (Å²) in [6, 6.07) is 12.2. The van der Waals surface area contributed by atoms with Gasteiger partial charge in [-0.25, -0.2) is 0 Å². The molecule has 0 bridgehead atoms. The number of hydrogen-bond donors (Lipinski definition) is 0. The predicted octanol–water partition coefficient (Wildman–Crippen LogP) is 4.36. The molecule has 0 unspecified atom stereocenters. The summed E-state index contributed by atoms with van der Waals surface area (Å²) >= 11 is 1.45. The minimum Gasteiger partial charge on any atom is -0.467 e. The molecule has 8 heteroatoms. The molecular formula is C24H31N5O2S. The highest BCUT2D eigenvalue weighted by atomic mass is 32.2. The van der Waals surface area contributed by atoms with Gasteiger partial charge in [-0.15, -0.1) is 10.2 Å². The van der Waals surface area contributed by atoms with E-state index in [1.807, 2.05) is 17.0 Å². The topological polar surface area (TPSA) is 67.4 Å². The Balaban J connectivity index is 1.46. The summed E-state index contributed by atoms with van der Waals surface area (Å²) in [4.78, 5) is 17.3. The summed E-state index contributed by atoms with van der Waals surface area (Å²) in [5, 5.41) is 9.65. The van der Waals surface area contributed by atoms with Gasteiger partial charge in [-0.3, -0.25) is 9.36 Å². The van der Waals surface area contributed by atoms with Crippen molar-refractivity contribution in [2.75, 3.05) is 30.3 Å². The molecule has 32 heavy (non-hydrogen) atoms. The lowest BCUT2D eigenvalue weighted by Crippen LogP contribution is -2.32. The van der Waals surface area contributed by atoms with Gasteiger partial charge in [0.15, 0.2) is 5.16 Å². The molecule has 0 aliphatic carbocycles. The Bertz CT molecular complexity index is 994. The standard InChI is InChI=1S/C24H31N5O2S/c1-3-12-28(16-20-10-8-19(2)9-11-20)22(30)18-32-24-26-25-23(27-13-4-5-14-27)29(24)17-21-7-6-15-31-21/h6-11,15H,3-5,12-14,16-18H2,1-2H3. The van der Waals surface area contributed by atoms with Gasteiger partial charge in [0.1, 0.15) is 5.76 Å². The quantitative estimate of drug-likeness (QED) is 0.425. The maximum absolute atomic E-state index is 13.1. The summed E-state index contributed by atoms with van der Waals surface area (Å²) in [6.45, 7) is 8.08. The lowest BCUT2D eigenvalue weighted by atomic mass is 10.1. The fourth-order valence-electron chi connectivity index (χ4n) is 3.93. The van der Waals surface area contributed by atoms with Crippen LogP contribution in [0.3, 0.4) is 0 Å². The number of nitrogens with zero attached hydrogens (tertiary/aromatic N) is 5. The van der Waals surface area contributed by atoms with E-state index in [1.165, 1.54) is 30.2 Å². The Morgan fingerprint density at radius 2 is 1.94 bits per heavy atom. The maximum Gasteiger partial charge on any atom is 0.233 e. The van der Waals surface area contributed by atoms with Crippen LogP contribution in [0, 0.1) is 6.92 Å². The molecule has 0 radical (unpaired) electrons. The van der Waals surface area contributed by atoms with Crippen LogP contribution in [0.1, 0.15) is 43.1 Å². The minimum atomic E-state index is 0.118. The van der Waals surface area contributed by atoms with Gasteiger partial charge in [-0.2, -0.15) is 0 Å². The number of carbonyl (C=O) groups excluding carboxylic acids is 1. The smallest absolute Gasteiger partial charge is 0.233 e. The number of aryl methyl sites for hydroxylation is 1. The van der Waals surface area contributed by atoms with Crippen molar-refractivity contribution < 1.29 is 9.21 Å². The van der Waals surface area contributed by atoms with E-state index < -0.39 is 0 Å². The van der Waals surface area contributed by atoms with Crippen molar-refractivity contribution in [3.05, 3.63) is 59.5 Å². The summed E-state index contributed by atoms with van der Waals surface area (Å²) in [6.07, 6.45) is 4.94. The van der Waals surface area contributed by atoms with E-state index in [9.17, 15) is 4.79 Å². The van der Waals surface area contributed by atoms with Crippen LogP contribution in [0.25, 0.3) is 0 Å². The van der Waals surface area contributed by atoms with Crippen molar-refractivity contribution in [3.8, 4) is 0 Å². The third-order valence-electron chi connectivity index (χ3n) is 5.65. The molecule has 2 aromatic heterocycles. The van der Waals surface area contributed by atoms with Crippen LogP contribution in [-0.4, -0.2) is 51.0 Å². The Labute approximate surface area is 193 Å². The molecular weight excluding hydrogens is 422 g/mol. The Morgan fingerprint density at radius 3 is 2.62 bits per heavy atom. The summed E-state index contributed by atoms with van der Waals surface area (Å²) in [5.41, 5.74) is 2.38. The zero-order chi connectivity index (χ0) is 22.3. The fourth-order valence-corrected chi connectivity index (χ4v) is 4.76. The van der Waals surface area contributed by atoms with Crippen molar-refractivity contribution in [2.24, 2.45) is 0 Å². The van der Waals surface area contributed by atoms with Gasteiger partial charge >= 0.3 is 0 Å². The molecule has 170 valence electrons. The first-order chi connectivity index (χ1) is 15.6. The van der Waals surface area contributed by atoms with E-state index in [0.717, 1.165) is 48.5 Å². The molecule has 3 heterocycles. The van der Waals surface area contributed by atoms with E-state index >= 15 is 0 Å². The second kappa shape index (κ2) is 10.7. The van der Waals surface area contributed by atoms with E-state index in [-0.39, 0.29) is 5.91 Å². The lowest BCUT2D eigenvalue weighted by Gasteiger charge is -2.22. The molecule has 1 saturated heterocycles. The number of aromatic nitrogens is 3. The fraction of sp³-hybridized carbons (Fsp3) is 0.458. The van der Waals surface area contributed by atoms with Crippen LogP contribution < -0.4 is 4.90 Å². The van der Waals surface area contributed by atoms with Gasteiger partial charge in [-0.1, -0.05) is 48.5 Å². The Hall–Kier alpha value is -2.74. The average Bonchev–Trinajstić information content (AvgIpc) is 3.56. The molecule has 0 atom stereocenters. The first-order valence-electron chi connectivity index (χ1n) is 11.3. The van der Waals surface area contributed by atoms with Crippen LogP contribution >= 0.6 is 11.8 Å². The molecule has 1 amide bonds. The van der Waals surface area contributed by atoms with E-state index in [4.69, 9.17) is 4.42 Å². The van der Waals surface area contributed by atoms with Crippen molar-refractivity contribution in [1.82, 2.24) is 19.7 Å². The zero-order valence-corrected chi connectivity index (χ0v) is 19.7. The number of furan rings is 1. The third kappa shape index (κ3) is 5.54. The van der Waals surface area contributed by atoms with Gasteiger partial charge in [0, 0.05) is 26.2 Å². The molecule has 1 aliphatic heterocycles. The van der Waals surface area contributed by atoms with Crippen LogP contribution in [0.2, 0.25) is 0 Å². The molecule has 4 rings (SSSR count). The molecule has 0 saturated carbocycles. The van der Waals surface area contributed by atoms with Crippen LogP contribution in [-0.2, 0) is 17.9 Å². The zero-order valence-electron chi connectivity index (χ0n) is 18.9. The van der Waals surface area contributed by atoms with E-state index in [0.29, 0.717) is 18.8 Å². The summed E-state index contributed by atoms with van der Waals surface area (Å²) < 4.78 is 7.65. The number of amides is 1. The lowest BCUT2D eigenvalue weighted by molar-refractivity contribution is -0.129. The number of carbonyl (C=O) groups is 1. The number of benzene rings is 1. The summed E-state index contributed by atoms with van der Waals surface area (Å²) in [5.74, 6) is 2.17. The molecule has 7 nitrogen and oxygen atoms in total. The van der Waals surface area contributed by atoms with E-state index in [1.54, 1.807) is 6.26 Å². The second-order valence-corrected chi connectivity index (χ2v) is 9.17. The van der Waals surface area contributed by atoms with E-state index in [2.05, 4.69) is 57.8 Å². The van der Waals surface area contributed by atoms with Gasteiger partial charge in [0.05, 0.1) is 18.6 Å². The molecule has 3 aromatic rings. The first-order valence-corrected chi connectivity index (χ1v) is 12.3. The van der Waals surface area contributed by atoms with Crippen molar-refractivity contribution in [2.45, 2.75) is 51.4 Å². The highest BCUT2D eigenvalue weighted by Crippen LogP contribution is 2.26. The third-order valence-corrected chi connectivity index (χ3v) is 6.60. The van der Waals surface area contributed by atoms with Gasteiger partial charge < -0.3 is 14.2 Å². The summed E-state index contributed by atoms with van der Waals surface area (Å²) in [7, 11) is 0. The molecule has 1 fully saturated rings. The largest absolute Gasteiger partial charge is 0.467 e. The Kier molecular flexibility index (Phi) is 7.52. The molecule has 0 spiro atoms. The van der Waals surface area contributed by atoms with Crippen molar-refractivity contribution >= 4 is 23.6 Å². The van der Waals surface area contributed by atoms with Crippen LogP contribution in [0.4, 0.5) is 5.95 Å². The van der Waals surface area contributed by atoms with Gasteiger partial charge in [0.2, 0.25) is 11.9 Å². The van der Waals surface area contributed by atoms with Gasteiger partial charge in [-0.05, 0) is 43.9 Å².